The smallest absolute Gasteiger partial charge is 0.253 e. The Morgan fingerprint density at radius 2 is 1.84 bits per heavy atom. The summed E-state index contributed by atoms with van der Waals surface area (Å²) in [6.45, 7) is -0.150. The van der Waals surface area contributed by atoms with Crippen molar-refractivity contribution in [1.29, 1.82) is 0 Å². The zero-order valence-corrected chi connectivity index (χ0v) is 20.7. The normalized spacial score (nSPS) is 11.7. The van der Waals surface area contributed by atoms with Crippen LogP contribution in [0.4, 0.5) is 4.39 Å². The third-order valence-corrected chi connectivity index (χ3v) is 6.43. The van der Waals surface area contributed by atoms with Crippen LogP contribution in [0.3, 0.4) is 0 Å². The molecule has 37 heavy (non-hydrogen) atoms. The summed E-state index contributed by atoms with van der Waals surface area (Å²) >= 11 is 1.20. The van der Waals surface area contributed by atoms with Crippen LogP contribution in [-0.4, -0.2) is 60.5 Å². The maximum absolute atomic E-state index is 14.2. The topological polar surface area (TPSA) is 127 Å². The van der Waals surface area contributed by atoms with Crippen molar-refractivity contribution in [3.63, 3.8) is 0 Å². The lowest BCUT2D eigenvalue weighted by Crippen LogP contribution is -2.41. The fraction of sp³-hybridized carbons (Fsp3) is 0.192. The van der Waals surface area contributed by atoms with Gasteiger partial charge in [-0.2, -0.15) is 0 Å². The maximum Gasteiger partial charge on any atom is 0.253 e. The number of carbonyl (C=O) groups is 2. The van der Waals surface area contributed by atoms with E-state index in [0.29, 0.717) is 32.8 Å². The lowest BCUT2D eigenvalue weighted by atomic mass is 10.1. The Kier molecular flexibility index (Phi) is 7.97. The van der Waals surface area contributed by atoms with Gasteiger partial charge in [0.05, 0.1) is 25.5 Å². The van der Waals surface area contributed by atoms with Gasteiger partial charge in [0.2, 0.25) is 5.78 Å². The van der Waals surface area contributed by atoms with Crippen LogP contribution in [-0.2, 0) is 0 Å². The molecular formula is C26H23FN2O7S. The number of hydrogen-bond donors (Lipinski definition) is 3. The summed E-state index contributed by atoms with van der Waals surface area (Å²) < 4.78 is 30.6. The summed E-state index contributed by atoms with van der Waals surface area (Å²) in [7, 11) is 2.83. The summed E-state index contributed by atoms with van der Waals surface area (Å²) in [5, 5.41) is 24.0. The van der Waals surface area contributed by atoms with Crippen LogP contribution in [0.1, 0.15) is 20.8 Å². The number of aliphatic hydroxyl groups is 2. The Morgan fingerprint density at radius 1 is 1.08 bits per heavy atom. The average Bonchev–Trinajstić information content (AvgIpc) is 3.36. The molecule has 0 aliphatic rings. The zero-order valence-electron chi connectivity index (χ0n) is 19.9. The molecule has 1 atom stereocenters. The number of amides is 1. The average molecular weight is 527 g/mol. The van der Waals surface area contributed by atoms with Gasteiger partial charge >= 0.3 is 0 Å². The highest BCUT2D eigenvalue weighted by Gasteiger charge is 2.24. The number of halogens is 1. The zero-order chi connectivity index (χ0) is 26.5. The van der Waals surface area contributed by atoms with E-state index in [1.807, 2.05) is 0 Å². The fourth-order valence-corrected chi connectivity index (χ4v) is 4.60. The molecule has 2 heterocycles. The van der Waals surface area contributed by atoms with Gasteiger partial charge in [-0.05, 0) is 36.4 Å². The number of pyridine rings is 1. The predicted molar refractivity (Wildman–Crippen MR) is 135 cm³/mol. The van der Waals surface area contributed by atoms with Gasteiger partial charge in [0.15, 0.2) is 17.7 Å². The number of ketones is 1. The molecule has 4 aromatic rings. The van der Waals surface area contributed by atoms with Crippen molar-refractivity contribution in [1.82, 2.24) is 10.3 Å². The number of aromatic nitrogens is 1. The lowest BCUT2D eigenvalue weighted by Gasteiger charge is -2.15. The van der Waals surface area contributed by atoms with Crippen LogP contribution in [0.25, 0.3) is 21.3 Å². The minimum atomic E-state index is -1.89. The molecule has 3 N–H and O–H groups in total. The first kappa shape index (κ1) is 26.0. The van der Waals surface area contributed by atoms with Gasteiger partial charge in [0.25, 0.3) is 5.91 Å². The van der Waals surface area contributed by atoms with E-state index < -0.39 is 17.9 Å². The number of thiophene rings is 1. The van der Waals surface area contributed by atoms with Crippen LogP contribution in [0, 0.1) is 5.82 Å². The third kappa shape index (κ3) is 5.38. The largest absolute Gasteiger partial charge is 0.494 e. The van der Waals surface area contributed by atoms with E-state index in [4.69, 9.17) is 19.3 Å². The SMILES string of the molecule is COc1cc(C(=O)NC(O)C(=O)c2ccc(OC)c(-c3csc4c(F)cccc34)n2)ccc1OCCO. The van der Waals surface area contributed by atoms with E-state index in [9.17, 15) is 19.1 Å². The Bertz CT molecular complexity index is 1460. The van der Waals surface area contributed by atoms with Gasteiger partial charge in [0.1, 0.15) is 29.6 Å². The standard InChI is InChI=1S/C26H23FN2O7S/c1-34-20-9-7-18(28-22(20)16-13-37-24-15(16)4-3-5-17(24)27)23(31)26(33)29-25(32)14-6-8-19(36-11-10-30)21(12-14)35-2/h3-9,12-13,26,30,33H,10-11H2,1-2H3,(H,29,32). The van der Waals surface area contributed by atoms with Crippen molar-refractivity contribution in [3.05, 3.63) is 71.0 Å². The van der Waals surface area contributed by atoms with Crippen LogP contribution in [0.15, 0.2) is 53.9 Å². The molecule has 0 bridgehead atoms. The molecule has 1 unspecified atom stereocenters. The molecule has 2 aromatic carbocycles. The Morgan fingerprint density at radius 3 is 2.57 bits per heavy atom. The predicted octanol–water partition coefficient (Wildman–Crippen LogP) is 3.42. The van der Waals surface area contributed by atoms with E-state index in [2.05, 4.69) is 10.3 Å². The monoisotopic (exact) mass is 526 g/mol. The number of ether oxygens (including phenoxy) is 3. The molecule has 192 valence electrons. The molecule has 4 rings (SSSR count). The van der Waals surface area contributed by atoms with Crippen LogP contribution >= 0.6 is 11.3 Å². The van der Waals surface area contributed by atoms with Gasteiger partial charge in [0, 0.05) is 21.9 Å². The third-order valence-electron chi connectivity index (χ3n) is 5.43. The summed E-state index contributed by atoms with van der Waals surface area (Å²) in [4.78, 5) is 30.0. The summed E-state index contributed by atoms with van der Waals surface area (Å²) in [6, 6.07) is 11.8. The number of rotatable bonds is 10. The number of Topliss-reactive ketones (excluding diaryl/α,β-unsaturated/α-hetero) is 1. The lowest BCUT2D eigenvalue weighted by molar-refractivity contribution is 0.0603. The second-order valence-corrected chi connectivity index (χ2v) is 8.57. The molecule has 9 nitrogen and oxygen atoms in total. The highest BCUT2D eigenvalue weighted by Crippen LogP contribution is 2.38. The van der Waals surface area contributed by atoms with Crippen molar-refractivity contribution in [3.8, 4) is 28.5 Å². The molecule has 1 amide bonds. The number of carbonyl (C=O) groups excluding carboxylic acids is 2. The molecule has 0 aliphatic carbocycles. The van der Waals surface area contributed by atoms with Crippen LogP contribution < -0.4 is 19.5 Å². The Labute approximate surface area is 215 Å². The quantitative estimate of drug-likeness (QED) is 0.212. The number of nitrogens with zero attached hydrogens (tertiary/aromatic N) is 1. The van der Waals surface area contributed by atoms with E-state index in [1.54, 1.807) is 17.5 Å². The van der Waals surface area contributed by atoms with Crippen molar-refractivity contribution >= 4 is 33.1 Å². The number of methoxy groups -OCH3 is 2. The number of fused-ring (bicyclic) bond motifs is 1. The Balaban J connectivity index is 1.57. The molecule has 0 aliphatic heterocycles. The number of benzene rings is 2. The highest BCUT2D eigenvalue weighted by atomic mass is 32.1. The number of nitrogens with one attached hydrogen (secondary N) is 1. The maximum atomic E-state index is 14.2. The number of hydrogen-bond acceptors (Lipinski definition) is 9. The van der Waals surface area contributed by atoms with Crippen LogP contribution in [0.5, 0.6) is 17.2 Å². The van der Waals surface area contributed by atoms with Crippen molar-refractivity contribution in [2.45, 2.75) is 6.23 Å². The molecule has 2 aromatic heterocycles. The minimum Gasteiger partial charge on any atom is -0.494 e. The minimum absolute atomic E-state index is 0.0437. The molecule has 11 heteroatoms. The number of aliphatic hydroxyl groups excluding tert-OH is 2. The summed E-state index contributed by atoms with van der Waals surface area (Å²) in [5.74, 6) is -1.04. The second-order valence-electron chi connectivity index (χ2n) is 7.69. The van der Waals surface area contributed by atoms with Gasteiger partial charge in [-0.1, -0.05) is 12.1 Å². The Hall–Kier alpha value is -4.06. The van der Waals surface area contributed by atoms with E-state index in [1.165, 1.54) is 62.0 Å². The van der Waals surface area contributed by atoms with Crippen molar-refractivity contribution < 1.29 is 38.4 Å². The highest BCUT2D eigenvalue weighted by molar-refractivity contribution is 7.17. The summed E-state index contributed by atoms with van der Waals surface area (Å²) in [5.41, 5.74) is 0.854. The molecule has 0 fully saturated rings. The van der Waals surface area contributed by atoms with E-state index >= 15 is 0 Å². The molecular weight excluding hydrogens is 503 g/mol. The van der Waals surface area contributed by atoms with Crippen molar-refractivity contribution in [2.75, 3.05) is 27.4 Å². The molecule has 0 saturated heterocycles. The van der Waals surface area contributed by atoms with E-state index in [0.717, 1.165) is 0 Å². The van der Waals surface area contributed by atoms with Crippen LogP contribution in [0.2, 0.25) is 0 Å². The molecule has 0 radical (unpaired) electrons. The summed E-state index contributed by atoms with van der Waals surface area (Å²) in [6.07, 6.45) is -1.89. The first-order chi connectivity index (χ1) is 17.9. The molecule has 0 spiro atoms. The van der Waals surface area contributed by atoms with Crippen molar-refractivity contribution in [2.24, 2.45) is 0 Å². The van der Waals surface area contributed by atoms with Gasteiger partial charge in [-0.25, -0.2) is 9.37 Å². The van der Waals surface area contributed by atoms with Gasteiger partial charge < -0.3 is 29.7 Å². The van der Waals surface area contributed by atoms with Gasteiger partial charge in [-0.3, -0.25) is 9.59 Å². The fourth-order valence-electron chi connectivity index (χ4n) is 3.64. The van der Waals surface area contributed by atoms with E-state index in [-0.39, 0.29) is 36.0 Å². The first-order valence-electron chi connectivity index (χ1n) is 11.0. The van der Waals surface area contributed by atoms with Gasteiger partial charge in [-0.15, -0.1) is 11.3 Å². The second kappa shape index (κ2) is 11.3. The first-order valence-corrected chi connectivity index (χ1v) is 11.9. The molecule has 0 saturated carbocycles.